The molecule has 2 unspecified atom stereocenters. The molecule has 0 fully saturated rings. The fourth-order valence-electron chi connectivity index (χ4n) is 3.52. The molecule has 0 aromatic rings. The largest absolute Gasteiger partial charge is 1.00 e. The third-order valence-corrected chi connectivity index (χ3v) is 6.51. The van der Waals surface area contributed by atoms with Crippen LogP contribution < -0.4 is 29.6 Å². The molecule has 0 radical (unpaired) electrons. The minimum absolute atomic E-state index is 0. The summed E-state index contributed by atoms with van der Waals surface area (Å²) in [6.07, 6.45) is 17.3. The average Bonchev–Trinajstić information content (AvgIpc) is 2.58. The normalized spacial score (nSPS) is 13.9. The first kappa shape index (κ1) is 30.1. The van der Waals surface area contributed by atoms with Crippen LogP contribution in [0.1, 0.15) is 123 Å². The zero-order chi connectivity index (χ0) is 19.7. The molecular formula is C21H43NaO4S. The zero-order valence-electron chi connectivity index (χ0n) is 18.3. The van der Waals surface area contributed by atoms with E-state index in [0.717, 1.165) is 64.2 Å². The minimum atomic E-state index is -4.13. The van der Waals surface area contributed by atoms with Gasteiger partial charge in [0.1, 0.15) is 0 Å². The van der Waals surface area contributed by atoms with E-state index in [1.54, 1.807) is 0 Å². The molecular weight excluding hydrogens is 371 g/mol. The molecule has 0 saturated carbocycles. The maximum absolute atomic E-state index is 11.2. The van der Waals surface area contributed by atoms with E-state index in [9.17, 15) is 18.1 Å². The molecule has 0 aliphatic carbocycles. The van der Waals surface area contributed by atoms with E-state index in [1.165, 1.54) is 32.1 Å². The summed E-state index contributed by atoms with van der Waals surface area (Å²) in [5.41, 5.74) is 0. The molecule has 0 bridgehead atoms. The summed E-state index contributed by atoms with van der Waals surface area (Å²) in [5, 5.41) is 9.30. The second-order valence-corrected chi connectivity index (χ2v) is 9.46. The van der Waals surface area contributed by atoms with Crippen LogP contribution in [0, 0.1) is 0 Å². The summed E-state index contributed by atoms with van der Waals surface area (Å²) in [4.78, 5) is 0. The van der Waals surface area contributed by atoms with Crippen molar-refractivity contribution in [1.82, 2.24) is 0 Å². The van der Waals surface area contributed by atoms with Crippen LogP contribution in [0.25, 0.3) is 0 Å². The van der Waals surface area contributed by atoms with Gasteiger partial charge in [-0.25, -0.2) is 8.42 Å². The first-order valence-corrected chi connectivity index (χ1v) is 12.5. The third kappa shape index (κ3) is 19.9. The Morgan fingerprint density at radius 3 is 1.48 bits per heavy atom. The Balaban J connectivity index is 0. The second-order valence-electron chi connectivity index (χ2n) is 7.81. The fraction of sp³-hybridized carbons (Fsp3) is 1.00. The van der Waals surface area contributed by atoms with Crippen molar-refractivity contribution in [2.75, 3.05) is 0 Å². The van der Waals surface area contributed by atoms with Gasteiger partial charge in [-0.15, -0.1) is 0 Å². The Morgan fingerprint density at radius 2 is 1.07 bits per heavy atom. The summed E-state index contributed by atoms with van der Waals surface area (Å²) in [6, 6.07) is 0. The van der Waals surface area contributed by atoms with Gasteiger partial charge in [0.15, 0.2) is 0 Å². The van der Waals surface area contributed by atoms with Gasteiger partial charge >= 0.3 is 29.6 Å². The molecule has 0 heterocycles. The molecule has 0 aromatic heterocycles. The van der Waals surface area contributed by atoms with Gasteiger partial charge in [-0.1, -0.05) is 97.3 Å². The van der Waals surface area contributed by atoms with Gasteiger partial charge in [0.05, 0.1) is 16.2 Å². The van der Waals surface area contributed by atoms with Crippen molar-refractivity contribution < 1.29 is 47.6 Å². The molecule has 27 heavy (non-hydrogen) atoms. The molecule has 0 rings (SSSR count). The van der Waals surface area contributed by atoms with Crippen LogP contribution in [-0.4, -0.2) is 29.4 Å². The van der Waals surface area contributed by atoms with Crippen LogP contribution in [0.15, 0.2) is 0 Å². The van der Waals surface area contributed by atoms with E-state index >= 15 is 0 Å². The van der Waals surface area contributed by atoms with Crippen molar-refractivity contribution in [3.05, 3.63) is 0 Å². The Labute approximate surface area is 191 Å². The molecule has 2 atom stereocenters. The number of aliphatic hydroxyl groups excluding tert-OH is 1. The Bertz CT molecular complexity index is 401. The molecule has 0 amide bonds. The number of rotatable bonds is 19. The van der Waals surface area contributed by atoms with E-state index in [4.69, 9.17) is 0 Å². The van der Waals surface area contributed by atoms with Gasteiger partial charge in [-0.3, -0.25) is 0 Å². The van der Waals surface area contributed by atoms with Crippen LogP contribution >= 0.6 is 0 Å². The maximum Gasteiger partial charge on any atom is 1.00 e. The molecule has 0 aliphatic heterocycles. The summed E-state index contributed by atoms with van der Waals surface area (Å²) >= 11 is 0. The summed E-state index contributed by atoms with van der Waals surface area (Å²) in [5.74, 6) is 0. The molecule has 6 heteroatoms. The minimum Gasteiger partial charge on any atom is -0.748 e. The fourth-order valence-corrected chi connectivity index (χ4v) is 4.50. The first-order chi connectivity index (χ1) is 12.4. The van der Waals surface area contributed by atoms with Gasteiger partial charge in [0.2, 0.25) is 0 Å². The number of hydrogen-bond donors (Lipinski definition) is 1. The van der Waals surface area contributed by atoms with E-state index in [1.807, 2.05) is 6.92 Å². The van der Waals surface area contributed by atoms with Crippen molar-refractivity contribution in [1.29, 1.82) is 0 Å². The smallest absolute Gasteiger partial charge is 0.748 e. The predicted octanol–water partition coefficient (Wildman–Crippen LogP) is 2.94. The number of unbranched alkanes of at least 4 members (excludes halogenated alkanes) is 10. The Hall–Kier alpha value is 0.870. The molecule has 0 aliphatic rings. The van der Waals surface area contributed by atoms with E-state index in [0.29, 0.717) is 12.8 Å². The van der Waals surface area contributed by atoms with Crippen LogP contribution in [0.5, 0.6) is 0 Å². The van der Waals surface area contributed by atoms with Gasteiger partial charge in [0.25, 0.3) is 0 Å². The Kier molecular flexibility index (Phi) is 22.4. The number of hydrogen-bond acceptors (Lipinski definition) is 4. The van der Waals surface area contributed by atoms with Gasteiger partial charge in [-0.05, 0) is 25.7 Å². The molecule has 0 aromatic carbocycles. The van der Waals surface area contributed by atoms with Gasteiger partial charge in [0, 0.05) is 5.25 Å². The zero-order valence-corrected chi connectivity index (χ0v) is 21.1. The van der Waals surface area contributed by atoms with Crippen molar-refractivity contribution in [2.45, 2.75) is 134 Å². The molecule has 1 N–H and O–H groups in total. The van der Waals surface area contributed by atoms with Crippen molar-refractivity contribution in [2.24, 2.45) is 0 Å². The van der Waals surface area contributed by atoms with Crippen LogP contribution in [-0.2, 0) is 10.1 Å². The van der Waals surface area contributed by atoms with Gasteiger partial charge < -0.3 is 9.66 Å². The monoisotopic (exact) mass is 414 g/mol. The van der Waals surface area contributed by atoms with E-state index < -0.39 is 15.4 Å². The third-order valence-electron chi connectivity index (χ3n) is 5.22. The second kappa shape index (κ2) is 20.2. The maximum atomic E-state index is 11.2. The standard InChI is InChI=1S/C21H44O4S.Na/c1-3-5-6-7-10-13-17-20(22)18-14-11-8-9-12-15-19-21(16-4-2)26(23,24)25;/h20-22H,3-19H2,1-2H3,(H,23,24,25);/q;+1/p-1. The Morgan fingerprint density at radius 1 is 0.667 bits per heavy atom. The van der Waals surface area contributed by atoms with E-state index in [-0.39, 0.29) is 35.7 Å². The topological polar surface area (TPSA) is 77.4 Å². The SMILES string of the molecule is CCCCCCCCC(O)CCCCCCCCC(CCC)S(=O)(=O)[O-].[Na+]. The van der Waals surface area contributed by atoms with Crippen molar-refractivity contribution >= 4 is 10.1 Å². The molecule has 0 spiro atoms. The number of aliphatic hydroxyl groups is 1. The van der Waals surface area contributed by atoms with Crippen molar-refractivity contribution in [3.63, 3.8) is 0 Å². The first-order valence-electron chi connectivity index (χ1n) is 11.0. The summed E-state index contributed by atoms with van der Waals surface area (Å²) < 4.78 is 33.5. The van der Waals surface area contributed by atoms with Crippen LogP contribution in [0.4, 0.5) is 0 Å². The summed E-state index contributed by atoms with van der Waals surface area (Å²) in [6.45, 7) is 4.14. The van der Waals surface area contributed by atoms with Crippen LogP contribution in [0.2, 0.25) is 0 Å². The predicted molar refractivity (Wildman–Crippen MR) is 109 cm³/mol. The van der Waals surface area contributed by atoms with Crippen molar-refractivity contribution in [3.8, 4) is 0 Å². The average molecular weight is 415 g/mol. The molecule has 0 saturated heterocycles. The molecule has 158 valence electrons. The van der Waals surface area contributed by atoms with E-state index in [2.05, 4.69) is 6.92 Å². The quantitative estimate of drug-likeness (QED) is 0.200. The van der Waals surface area contributed by atoms with Gasteiger partial charge in [-0.2, -0.15) is 0 Å². The van der Waals surface area contributed by atoms with Crippen LogP contribution in [0.3, 0.4) is 0 Å². The molecule has 4 nitrogen and oxygen atoms in total. The summed E-state index contributed by atoms with van der Waals surface area (Å²) in [7, 11) is -4.13.